The fraction of sp³-hybridized carbons (Fsp3) is 0.167. The number of hydrogen-bond acceptors (Lipinski definition) is 4. The van der Waals surface area contributed by atoms with Crippen molar-refractivity contribution < 1.29 is 9.59 Å². The standard InChI is InChI=1S/C24H27N5O2/c1-29(2)16-18-6-4-8-22(14-18)27-23(30)19-7-3-5-17(13-19)15-26-24(31)28-21-11-9-20(25)10-12-21/h3-14H,15-16,25H2,1-2H3,(H,27,30)(H2,26,28,31). The van der Waals surface area contributed by atoms with Crippen LogP contribution in [0.2, 0.25) is 0 Å². The number of anilines is 3. The zero-order chi connectivity index (χ0) is 22.2. The molecule has 0 fully saturated rings. The number of nitrogens with one attached hydrogen (secondary N) is 3. The van der Waals surface area contributed by atoms with Gasteiger partial charge in [-0.2, -0.15) is 0 Å². The highest BCUT2D eigenvalue weighted by Gasteiger charge is 2.09. The molecule has 0 aliphatic carbocycles. The lowest BCUT2D eigenvalue weighted by Gasteiger charge is -2.12. The summed E-state index contributed by atoms with van der Waals surface area (Å²) in [4.78, 5) is 26.8. The minimum atomic E-state index is -0.336. The summed E-state index contributed by atoms with van der Waals surface area (Å²) in [7, 11) is 4.00. The molecule has 3 rings (SSSR count). The molecule has 7 heteroatoms. The lowest BCUT2D eigenvalue weighted by molar-refractivity contribution is 0.102. The van der Waals surface area contributed by atoms with E-state index in [0.29, 0.717) is 23.5 Å². The molecule has 7 nitrogen and oxygen atoms in total. The van der Waals surface area contributed by atoms with Crippen LogP contribution in [0.3, 0.4) is 0 Å². The van der Waals surface area contributed by atoms with Gasteiger partial charge < -0.3 is 26.6 Å². The van der Waals surface area contributed by atoms with Gasteiger partial charge in [-0.1, -0.05) is 24.3 Å². The summed E-state index contributed by atoms with van der Waals surface area (Å²) in [5, 5.41) is 8.46. The van der Waals surface area contributed by atoms with E-state index in [1.807, 2.05) is 44.4 Å². The van der Waals surface area contributed by atoms with Crippen LogP contribution < -0.4 is 21.7 Å². The SMILES string of the molecule is CN(C)Cc1cccc(NC(=O)c2cccc(CNC(=O)Nc3ccc(N)cc3)c2)c1. The molecule has 0 radical (unpaired) electrons. The van der Waals surface area contributed by atoms with Gasteiger partial charge in [0, 0.05) is 35.7 Å². The van der Waals surface area contributed by atoms with E-state index in [4.69, 9.17) is 5.73 Å². The Kier molecular flexibility index (Phi) is 7.24. The molecule has 0 saturated heterocycles. The van der Waals surface area contributed by atoms with Crippen molar-refractivity contribution in [3.63, 3.8) is 0 Å². The molecule has 5 N–H and O–H groups in total. The van der Waals surface area contributed by atoms with E-state index >= 15 is 0 Å². The number of amides is 3. The molecule has 3 amide bonds. The summed E-state index contributed by atoms with van der Waals surface area (Å²) in [6.07, 6.45) is 0. The van der Waals surface area contributed by atoms with E-state index < -0.39 is 0 Å². The molecule has 0 aliphatic heterocycles. The molecule has 0 atom stereocenters. The second-order valence-electron chi connectivity index (χ2n) is 7.52. The zero-order valence-electron chi connectivity index (χ0n) is 17.7. The van der Waals surface area contributed by atoms with Gasteiger partial charge in [0.25, 0.3) is 5.91 Å². The molecule has 0 aliphatic rings. The number of nitrogens with zero attached hydrogens (tertiary/aromatic N) is 1. The van der Waals surface area contributed by atoms with Crippen molar-refractivity contribution in [3.8, 4) is 0 Å². The maximum absolute atomic E-state index is 12.7. The molecule has 0 aromatic heterocycles. The van der Waals surface area contributed by atoms with Gasteiger partial charge in [0.1, 0.15) is 0 Å². The van der Waals surface area contributed by atoms with Gasteiger partial charge in [-0.15, -0.1) is 0 Å². The maximum atomic E-state index is 12.7. The minimum Gasteiger partial charge on any atom is -0.399 e. The second-order valence-corrected chi connectivity index (χ2v) is 7.52. The number of hydrogen-bond donors (Lipinski definition) is 4. The monoisotopic (exact) mass is 417 g/mol. The zero-order valence-corrected chi connectivity index (χ0v) is 17.7. The Labute approximate surface area is 182 Å². The maximum Gasteiger partial charge on any atom is 0.319 e. The van der Waals surface area contributed by atoms with Gasteiger partial charge in [0.2, 0.25) is 0 Å². The predicted octanol–water partition coefficient (Wildman–Crippen LogP) is 3.90. The highest BCUT2D eigenvalue weighted by atomic mass is 16.2. The van der Waals surface area contributed by atoms with E-state index in [9.17, 15) is 9.59 Å². The van der Waals surface area contributed by atoms with Crippen molar-refractivity contribution in [1.29, 1.82) is 0 Å². The van der Waals surface area contributed by atoms with Crippen molar-refractivity contribution in [3.05, 3.63) is 89.5 Å². The Morgan fingerprint density at radius 3 is 2.29 bits per heavy atom. The Morgan fingerprint density at radius 1 is 0.839 bits per heavy atom. The molecule has 0 bridgehead atoms. The third-order valence-electron chi connectivity index (χ3n) is 4.49. The number of carbonyl (C=O) groups is 2. The van der Waals surface area contributed by atoms with Crippen LogP contribution >= 0.6 is 0 Å². The highest BCUT2D eigenvalue weighted by Crippen LogP contribution is 2.14. The van der Waals surface area contributed by atoms with Gasteiger partial charge >= 0.3 is 6.03 Å². The molecule has 3 aromatic rings. The molecule has 0 unspecified atom stereocenters. The van der Waals surface area contributed by atoms with Gasteiger partial charge in [0.05, 0.1) is 0 Å². The summed E-state index contributed by atoms with van der Waals surface area (Å²) in [6.45, 7) is 1.09. The van der Waals surface area contributed by atoms with Crippen molar-refractivity contribution in [2.45, 2.75) is 13.1 Å². The smallest absolute Gasteiger partial charge is 0.319 e. The molecule has 3 aromatic carbocycles. The third-order valence-corrected chi connectivity index (χ3v) is 4.49. The van der Waals surface area contributed by atoms with Crippen LogP contribution in [0, 0.1) is 0 Å². The first-order valence-electron chi connectivity index (χ1n) is 9.93. The van der Waals surface area contributed by atoms with E-state index in [2.05, 4.69) is 20.9 Å². The minimum absolute atomic E-state index is 0.199. The van der Waals surface area contributed by atoms with Gasteiger partial charge in [-0.05, 0) is 73.8 Å². The molecule has 31 heavy (non-hydrogen) atoms. The third kappa shape index (κ3) is 6.87. The average Bonchev–Trinajstić information content (AvgIpc) is 2.74. The Balaban J connectivity index is 1.57. The van der Waals surface area contributed by atoms with Crippen molar-refractivity contribution in [2.75, 3.05) is 30.5 Å². The quantitative estimate of drug-likeness (QED) is 0.438. The van der Waals surface area contributed by atoms with Gasteiger partial charge in [-0.25, -0.2) is 4.79 Å². The Morgan fingerprint density at radius 2 is 1.55 bits per heavy atom. The number of carbonyl (C=O) groups excluding carboxylic acids is 2. The van der Waals surface area contributed by atoms with E-state index in [1.54, 1.807) is 42.5 Å². The number of rotatable bonds is 7. The highest BCUT2D eigenvalue weighted by molar-refractivity contribution is 6.04. The number of nitrogen functional groups attached to an aromatic ring is 1. The normalized spacial score (nSPS) is 10.5. The summed E-state index contributed by atoms with van der Waals surface area (Å²) < 4.78 is 0. The first kappa shape index (κ1) is 21.9. The number of benzene rings is 3. The Hall–Kier alpha value is -3.84. The van der Waals surface area contributed by atoms with Crippen LogP contribution in [0.5, 0.6) is 0 Å². The van der Waals surface area contributed by atoms with Crippen LogP contribution in [-0.2, 0) is 13.1 Å². The van der Waals surface area contributed by atoms with E-state index in [-0.39, 0.29) is 11.9 Å². The van der Waals surface area contributed by atoms with Crippen molar-refractivity contribution >= 4 is 29.0 Å². The molecular weight excluding hydrogens is 390 g/mol. The van der Waals surface area contributed by atoms with Crippen LogP contribution in [0.25, 0.3) is 0 Å². The van der Waals surface area contributed by atoms with Crippen molar-refractivity contribution in [2.24, 2.45) is 0 Å². The molecule has 0 spiro atoms. The summed E-state index contributed by atoms with van der Waals surface area (Å²) in [5.74, 6) is -0.199. The summed E-state index contributed by atoms with van der Waals surface area (Å²) >= 11 is 0. The topological polar surface area (TPSA) is 99.5 Å². The average molecular weight is 418 g/mol. The van der Waals surface area contributed by atoms with Gasteiger partial charge in [0.15, 0.2) is 0 Å². The molecule has 160 valence electrons. The van der Waals surface area contributed by atoms with Crippen LogP contribution in [0.15, 0.2) is 72.8 Å². The van der Waals surface area contributed by atoms with Gasteiger partial charge in [-0.3, -0.25) is 4.79 Å². The Bertz CT molecular complexity index is 1050. The lowest BCUT2D eigenvalue weighted by Crippen LogP contribution is -2.28. The van der Waals surface area contributed by atoms with E-state index in [1.165, 1.54) is 0 Å². The lowest BCUT2D eigenvalue weighted by atomic mass is 10.1. The fourth-order valence-corrected chi connectivity index (χ4v) is 3.06. The van der Waals surface area contributed by atoms with Crippen molar-refractivity contribution in [1.82, 2.24) is 10.2 Å². The van der Waals surface area contributed by atoms with Crippen LogP contribution in [0.1, 0.15) is 21.5 Å². The number of nitrogens with two attached hydrogens (primary N) is 1. The molecule has 0 saturated carbocycles. The van der Waals surface area contributed by atoms with Crippen LogP contribution in [0.4, 0.5) is 21.9 Å². The summed E-state index contributed by atoms with van der Waals surface area (Å²) in [6, 6.07) is 21.5. The first-order chi connectivity index (χ1) is 14.9. The fourth-order valence-electron chi connectivity index (χ4n) is 3.06. The number of urea groups is 1. The molecule has 0 heterocycles. The predicted molar refractivity (Wildman–Crippen MR) is 125 cm³/mol. The largest absolute Gasteiger partial charge is 0.399 e. The molecular formula is C24H27N5O2. The summed E-state index contributed by atoms with van der Waals surface area (Å²) in [5.41, 5.74) is 10.1. The second kappa shape index (κ2) is 10.3. The van der Waals surface area contributed by atoms with E-state index in [0.717, 1.165) is 23.4 Å². The van der Waals surface area contributed by atoms with Crippen LogP contribution in [-0.4, -0.2) is 30.9 Å². The first-order valence-corrected chi connectivity index (χ1v) is 9.93.